The first-order valence-corrected chi connectivity index (χ1v) is 4.86. The summed E-state index contributed by atoms with van der Waals surface area (Å²) in [5.41, 5.74) is 8.29. The van der Waals surface area contributed by atoms with Crippen molar-refractivity contribution in [3.63, 3.8) is 0 Å². The molecule has 2 aromatic rings. The fourth-order valence-corrected chi connectivity index (χ4v) is 1.58. The largest absolute Gasteiger partial charge is 0.496 e. The Morgan fingerprint density at radius 2 is 1.94 bits per heavy atom. The first-order valence-electron chi connectivity index (χ1n) is 4.86. The minimum atomic E-state index is 0.0721. The zero-order valence-electron chi connectivity index (χ0n) is 9.44. The summed E-state index contributed by atoms with van der Waals surface area (Å²) in [5, 5.41) is 7.50. The van der Waals surface area contributed by atoms with Crippen LogP contribution in [0, 0.1) is 13.8 Å². The van der Waals surface area contributed by atoms with Gasteiger partial charge in [-0.05, 0) is 37.1 Å². The maximum absolute atomic E-state index is 5.40. The number of anilines is 1. The zero-order chi connectivity index (χ0) is 11.7. The number of hydrogen-bond donors (Lipinski definition) is 1. The molecule has 1 aromatic heterocycles. The van der Waals surface area contributed by atoms with Gasteiger partial charge in [0, 0.05) is 5.56 Å². The van der Waals surface area contributed by atoms with Gasteiger partial charge >= 0.3 is 6.01 Å². The van der Waals surface area contributed by atoms with Crippen LogP contribution in [0.1, 0.15) is 11.1 Å². The molecule has 0 saturated carbocycles. The smallest absolute Gasteiger partial charge is 0.313 e. The predicted molar refractivity (Wildman–Crippen MR) is 60.2 cm³/mol. The number of nitrogens with zero attached hydrogens (tertiary/aromatic N) is 2. The highest BCUT2D eigenvalue weighted by molar-refractivity contribution is 5.62. The van der Waals surface area contributed by atoms with Crippen molar-refractivity contribution >= 4 is 6.01 Å². The molecule has 2 N–H and O–H groups in total. The Hall–Kier alpha value is -2.04. The molecule has 2 rings (SSSR count). The molecule has 0 unspecified atom stereocenters. The number of benzene rings is 1. The minimum absolute atomic E-state index is 0.0721. The van der Waals surface area contributed by atoms with Crippen molar-refractivity contribution in [3.8, 4) is 17.2 Å². The second-order valence-electron chi connectivity index (χ2n) is 3.58. The topological polar surface area (TPSA) is 74.2 Å². The van der Waals surface area contributed by atoms with Crippen molar-refractivity contribution in [1.29, 1.82) is 0 Å². The van der Waals surface area contributed by atoms with Gasteiger partial charge in [-0.1, -0.05) is 5.10 Å². The van der Waals surface area contributed by atoms with E-state index in [0.29, 0.717) is 5.89 Å². The summed E-state index contributed by atoms with van der Waals surface area (Å²) in [4.78, 5) is 0. The van der Waals surface area contributed by atoms with Gasteiger partial charge in [-0.3, -0.25) is 0 Å². The molecule has 84 valence electrons. The third-order valence-electron chi connectivity index (χ3n) is 2.41. The van der Waals surface area contributed by atoms with Gasteiger partial charge in [0.2, 0.25) is 5.89 Å². The molecule has 0 bridgehead atoms. The van der Waals surface area contributed by atoms with Gasteiger partial charge in [-0.15, -0.1) is 5.10 Å². The molecular weight excluding hydrogens is 206 g/mol. The van der Waals surface area contributed by atoms with E-state index < -0.39 is 0 Å². The Morgan fingerprint density at radius 3 is 2.50 bits per heavy atom. The van der Waals surface area contributed by atoms with Crippen LogP contribution in [0.15, 0.2) is 16.5 Å². The van der Waals surface area contributed by atoms with Crippen LogP contribution in [0.25, 0.3) is 11.5 Å². The maximum Gasteiger partial charge on any atom is 0.313 e. The van der Waals surface area contributed by atoms with Crippen molar-refractivity contribution in [2.75, 3.05) is 12.8 Å². The Kier molecular flexibility index (Phi) is 2.52. The van der Waals surface area contributed by atoms with E-state index in [1.54, 1.807) is 7.11 Å². The van der Waals surface area contributed by atoms with E-state index in [1.165, 1.54) is 0 Å². The van der Waals surface area contributed by atoms with E-state index in [-0.39, 0.29) is 6.01 Å². The summed E-state index contributed by atoms with van der Waals surface area (Å²) in [6.07, 6.45) is 0. The number of nitrogen functional groups attached to an aromatic ring is 1. The number of aromatic nitrogens is 2. The molecule has 0 saturated heterocycles. The summed E-state index contributed by atoms with van der Waals surface area (Å²) in [7, 11) is 1.64. The number of methoxy groups -OCH3 is 1. The van der Waals surface area contributed by atoms with Crippen LogP contribution in [-0.2, 0) is 0 Å². The van der Waals surface area contributed by atoms with Crippen LogP contribution in [-0.4, -0.2) is 17.3 Å². The number of rotatable bonds is 2. The lowest BCUT2D eigenvalue weighted by atomic mass is 10.0. The van der Waals surface area contributed by atoms with Gasteiger partial charge < -0.3 is 14.9 Å². The molecule has 0 spiro atoms. The lowest BCUT2D eigenvalue weighted by molar-refractivity contribution is 0.411. The number of nitrogens with two attached hydrogens (primary N) is 1. The van der Waals surface area contributed by atoms with Crippen molar-refractivity contribution in [3.05, 3.63) is 23.3 Å². The third kappa shape index (κ3) is 1.71. The standard InChI is InChI=1S/C11H13N3O2/c1-6-5-9(15-3)7(2)4-8(6)10-13-14-11(12)16-10/h4-5H,1-3H3,(H2,12,14). The van der Waals surface area contributed by atoms with Crippen LogP contribution in [0.2, 0.25) is 0 Å². The van der Waals surface area contributed by atoms with Gasteiger partial charge in [0.25, 0.3) is 0 Å². The molecule has 0 atom stereocenters. The van der Waals surface area contributed by atoms with E-state index in [9.17, 15) is 0 Å². The molecular formula is C11H13N3O2. The fourth-order valence-electron chi connectivity index (χ4n) is 1.58. The van der Waals surface area contributed by atoms with Crippen LogP contribution in [0.4, 0.5) is 6.01 Å². The maximum atomic E-state index is 5.40. The Balaban J connectivity index is 2.54. The lowest BCUT2D eigenvalue weighted by Crippen LogP contribution is -1.91. The monoisotopic (exact) mass is 219 g/mol. The Bertz CT molecular complexity index is 520. The Morgan fingerprint density at radius 1 is 1.19 bits per heavy atom. The van der Waals surface area contributed by atoms with E-state index in [4.69, 9.17) is 14.9 Å². The first kappa shape index (κ1) is 10.5. The SMILES string of the molecule is COc1cc(C)c(-c2nnc(N)o2)cc1C. The van der Waals surface area contributed by atoms with Gasteiger partial charge in [-0.2, -0.15) is 0 Å². The highest BCUT2D eigenvalue weighted by atomic mass is 16.5. The summed E-state index contributed by atoms with van der Waals surface area (Å²) in [5.74, 6) is 1.27. The molecule has 0 radical (unpaired) electrons. The van der Waals surface area contributed by atoms with Crippen LogP contribution in [0.3, 0.4) is 0 Å². The average molecular weight is 219 g/mol. The highest BCUT2D eigenvalue weighted by Gasteiger charge is 2.12. The van der Waals surface area contributed by atoms with Gasteiger partial charge in [0.1, 0.15) is 5.75 Å². The average Bonchev–Trinajstić information content (AvgIpc) is 2.67. The molecule has 5 nitrogen and oxygen atoms in total. The molecule has 0 fully saturated rings. The molecule has 0 aliphatic carbocycles. The van der Waals surface area contributed by atoms with Crippen LogP contribution >= 0.6 is 0 Å². The second-order valence-corrected chi connectivity index (χ2v) is 3.58. The summed E-state index contributed by atoms with van der Waals surface area (Å²) < 4.78 is 10.4. The highest BCUT2D eigenvalue weighted by Crippen LogP contribution is 2.29. The van der Waals surface area contributed by atoms with Crippen LogP contribution < -0.4 is 10.5 Å². The molecule has 0 aliphatic rings. The van der Waals surface area contributed by atoms with Crippen molar-refractivity contribution < 1.29 is 9.15 Å². The minimum Gasteiger partial charge on any atom is -0.496 e. The van der Waals surface area contributed by atoms with E-state index in [2.05, 4.69) is 10.2 Å². The van der Waals surface area contributed by atoms with Crippen molar-refractivity contribution in [2.24, 2.45) is 0 Å². The summed E-state index contributed by atoms with van der Waals surface area (Å²) >= 11 is 0. The summed E-state index contributed by atoms with van der Waals surface area (Å²) in [6, 6.07) is 3.95. The molecule has 1 heterocycles. The quantitative estimate of drug-likeness (QED) is 0.835. The van der Waals surface area contributed by atoms with E-state index in [1.807, 2.05) is 26.0 Å². The zero-order valence-corrected chi connectivity index (χ0v) is 9.44. The molecule has 16 heavy (non-hydrogen) atoms. The Labute approximate surface area is 93.2 Å². The summed E-state index contributed by atoms with van der Waals surface area (Å²) in [6.45, 7) is 3.92. The lowest BCUT2D eigenvalue weighted by Gasteiger charge is -2.08. The third-order valence-corrected chi connectivity index (χ3v) is 2.41. The predicted octanol–water partition coefficient (Wildman–Crippen LogP) is 1.94. The number of hydrogen-bond acceptors (Lipinski definition) is 5. The normalized spacial score (nSPS) is 10.4. The van der Waals surface area contributed by atoms with Gasteiger partial charge in [0.05, 0.1) is 7.11 Å². The number of aryl methyl sites for hydroxylation is 2. The number of ether oxygens (including phenoxy) is 1. The molecule has 0 amide bonds. The molecule has 1 aromatic carbocycles. The van der Waals surface area contributed by atoms with Crippen molar-refractivity contribution in [1.82, 2.24) is 10.2 Å². The molecule has 0 aliphatic heterocycles. The van der Waals surface area contributed by atoms with Crippen molar-refractivity contribution in [2.45, 2.75) is 13.8 Å². The van der Waals surface area contributed by atoms with E-state index in [0.717, 1.165) is 22.4 Å². The fraction of sp³-hybridized carbons (Fsp3) is 0.273. The van der Waals surface area contributed by atoms with Crippen LogP contribution in [0.5, 0.6) is 5.75 Å². The first-order chi connectivity index (χ1) is 7.61. The van der Waals surface area contributed by atoms with Gasteiger partial charge in [0.15, 0.2) is 0 Å². The van der Waals surface area contributed by atoms with E-state index >= 15 is 0 Å². The molecule has 5 heteroatoms. The second kappa shape index (κ2) is 3.84. The van der Waals surface area contributed by atoms with Gasteiger partial charge in [-0.25, -0.2) is 0 Å².